The lowest BCUT2D eigenvalue weighted by atomic mass is 10.0. The molecule has 2 rings (SSSR count). The Morgan fingerprint density at radius 3 is 2.88 bits per heavy atom. The largest absolute Gasteiger partial charge is 0.381 e. The lowest BCUT2D eigenvalue weighted by molar-refractivity contribution is 0.182. The number of benzene rings is 1. The Balaban J connectivity index is 1.67. The second kappa shape index (κ2) is 6.28. The fourth-order valence-electron chi connectivity index (χ4n) is 1.91. The van der Waals surface area contributed by atoms with Crippen molar-refractivity contribution in [1.82, 2.24) is 0 Å². The van der Waals surface area contributed by atoms with E-state index in [0.717, 1.165) is 31.1 Å². The molecule has 3 heteroatoms. The molecule has 2 unspecified atom stereocenters. The zero-order valence-electron chi connectivity index (χ0n) is 9.47. The Bertz CT molecular complexity index is 298. The zero-order valence-corrected chi connectivity index (χ0v) is 10.3. The highest BCUT2D eigenvalue weighted by Gasteiger charge is 2.22. The molecule has 0 spiro atoms. The summed E-state index contributed by atoms with van der Waals surface area (Å²) >= 11 is 1.92. The van der Waals surface area contributed by atoms with Crippen molar-refractivity contribution >= 4 is 11.8 Å². The van der Waals surface area contributed by atoms with E-state index < -0.39 is 0 Å². The average Bonchev–Trinajstić information content (AvgIpc) is 2.84. The van der Waals surface area contributed by atoms with Crippen LogP contribution in [0.3, 0.4) is 0 Å². The van der Waals surface area contributed by atoms with Crippen LogP contribution < -0.4 is 5.73 Å². The van der Waals surface area contributed by atoms with Crippen LogP contribution in [0.4, 0.5) is 0 Å². The van der Waals surface area contributed by atoms with Gasteiger partial charge in [0.1, 0.15) is 0 Å². The summed E-state index contributed by atoms with van der Waals surface area (Å²) in [6.45, 7) is 1.74. The Hall–Kier alpha value is -0.510. The van der Waals surface area contributed by atoms with Crippen LogP contribution in [0, 0.1) is 5.92 Å². The molecule has 88 valence electrons. The molecule has 0 bridgehead atoms. The summed E-state index contributed by atoms with van der Waals surface area (Å²) in [5, 5.41) is 0. The minimum Gasteiger partial charge on any atom is -0.381 e. The molecule has 1 aliphatic rings. The molecular formula is C13H19NOS. The molecular weight excluding hydrogens is 218 g/mol. The van der Waals surface area contributed by atoms with E-state index in [1.54, 1.807) is 0 Å². The van der Waals surface area contributed by atoms with E-state index in [1.807, 2.05) is 11.8 Å². The first kappa shape index (κ1) is 12.0. The monoisotopic (exact) mass is 237 g/mol. The number of nitrogens with two attached hydrogens (primary N) is 1. The number of ether oxygens (including phenoxy) is 1. The van der Waals surface area contributed by atoms with Crippen molar-refractivity contribution in [3.8, 4) is 0 Å². The van der Waals surface area contributed by atoms with Crippen molar-refractivity contribution in [3.05, 3.63) is 35.9 Å². The van der Waals surface area contributed by atoms with Crippen molar-refractivity contribution in [2.45, 2.75) is 18.2 Å². The molecule has 2 atom stereocenters. The summed E-state index contributed by atoms with van der Waals surface area (Å²) in [5.74, 6) is 2.66. The predicted octanol–water partition coefficient (Wildman–Crippen LogP) is 2.28. The van der Waals surface area contributed by atoms with E-state index in [0.29, 0.717) is 5.92 Å². The van der Waals surface area contributed by atoms with Gasteiger partial charge in [0.05, 0.1) is 6.61 Å². The molecule has 0 amide bonds. The summed E-state index contributed by atoms with van der Waals surface area (Å²) in [4.78, 5) is 0. The maximum Gasteiger partial charge on any atom is 0.0510 e. The first-order valence-electron chi connectivity index (χ1n) is 5.81. The smallest absolute Gasteiger partial charge is 0.0510 e. The third kappa shape index (κ3) is 3.51. The van der Waals surface area contributed by atoms with Crippen LogP contribution in [0.2, 0.25) is 0 Å². The van der Waals surface area contributed by atoms with Gasteiger partial charge in [-0.1, -0.05) is 30.3 Å². The molecule has 2 nitrogen and oxygen atoms in total. The topological polar surface area (TPSA) is 35.2 Å². The van der Waals surface area contributed by atoms with Crippen LogP contribution in [0.25, 0.3) is 0 Å². The van der Waals surface area contributed by atoms with Crippen molar-refractivity contribution in [1.29, 1.82) is 0 Å². The number of thioether (sulfide) groups is 1. The highest BCUT2D eigenvalue weighted by Crippen LogP contribution is 2.20. The highest BCUT2D eigenvalue weighted by atomic mass is 32.2. The third-order valence-electron chi connectivity index (χ3n) is 2.99. The van der Waals surface area contributed by atoms with E-state index in [9.17, 15) is 0 Å². The number of hydrogen-bond acceptors (Lipinski definition) is 3. The van der Waals surface area contributed by atoms with Gasteiger partial charge in [-0.05, 0) is 12.0 Å². The van der Waals surface area contributed by atoms with Crippen molar-refractivity contribution in [2.75, 3.05) is 19.0 Å². The maximum atomic E-state index is 6.14. The van der Waals surface area contributed by atoms with Crippen LogP contribution >= 0.6 is 11.8 Å². The van der Waals surface area contributed by atoms with E-state index >= 15 is 0 Å². The normalized spacial score (nSPS) is 22.2. The van der Waals surface area contributed by atoms with Crippen LogP contribution in [0.5, 0.6) is 0 Å². The van der Waals surface area contributed by atoms with Crippen LogP contribution in [-0.2, 0) is 10.5 Å². The average molecular weight is 237 g/mol. The molecule has 2 N–H and O–H groups in total. The molecule has 1 aromatic rings. The lowest BCUT2D eigenvalue weighted by Crippen LogP contribution is -2.32. The Kier molecular flexibility index (Phi) is 4.69. The number of hydrogen-bond donors (Lipinski definition) is 1. The minimum atomic E-state index is 0.288. The van der Waals surface area contributed by atoms with Crippen LogP contribution in [-0.4, -0.2) is 25.0 Å². The molecule has 0 aromatic heterocycles. The standard InChI is InChI=1S/C13H19NOS/c14-13(12-6-7-15-8-12)10-16-9-11-4-2-1-3-5-11/h1-5,12-13H,6-10,14H2. The van der Waals surface area contributed by atoms with Gasteiger partial charge in [-0.15, -0.1) is 0 Å². The van der Waals surface area contributed by atoms with E-state index in [-0.39, 0.29) is 6.04 Å². The van der Waals surface area contributed by atoms with Crippen LogP contribution in [0.1, 0.15) is 12.0 Å². The van der Waals surface area contributed by atoms with E-state index in [1.165, 1.54) is 5.56 Å². The van der Waals surface area contributed by atoms with Gasteiger partial charge in [0.15, 0.2) is 0 Å². The fourth-order valence-corrected chi connectivity index (χ4v) is 3.00. The molecule has 1 saturated heterocycles. The molecule has 1 heterocycles. The van der Waals surface area contributed by atoms with Gasteiger partial charge < -0.3 is 10.5 Å². The van der Waals surface area contributed by atoms with Crippen molar-refractivity contribution < 1.29 is 4.74 Å². The van der Waals surface area contributed by atoms with Gasteiger partial charge in [0, 0.05) is 30.1 Å². The van der Waals surface area contributed by atoms with Gasteiger partial charge in [0.25, 0.3) is 0 Å². The molecule has 1 aromatic carbocycles. The van der Waals surface area contributed by atoms with Gasteiger partial charge >= 0.3 is 0 Å². The Morgan fingerprint density at radius 1 is 1.38 bits per heavy atom. The summed E-state index contributed by atoms with van der Waals surface area (Å²) in [6.07, 6.45) is 1.13. The van der Waals surface area contributed by atoms with Crippen molar-refractivity contribution in [3.63, 3.8) is 0 Å². The first-order chi connectivity index (χ1) is 7.86. The predicted molar refractivity (Wildman–Crippen MR) is 69.5 cm³/mol. The number of rotatable bonds is 5. The summed E-state index contributed by atoms with van der Waals surface area (Å²) in [7, 11) is 0. The molecule has 0 saturated carbocycles. The molecule has 1 aliphatic heterocycles. The first-order valence-corrected chi connectivity index (χ1v) is 6.97. The SMILES string of the molecule is NC(CSCc1ccccc1)C1CCOC1. The highest BCUT2D eigenvalue weighted by molar-refractivity contribution is 7.98. The van der Waals surface area contributed by atoms with E-state index in [2.05, 4.69) is 30.3 Å². The summed E-state index contributed by atoms with van der Waals surface area (Å²) < 4.78 is 5.35. The second-order valence-electron chi connectivity index (χ2n) is 4.29. The quantitative estimate of drug-likeness (QED) is 0.853. The molecule has 0 radical (unpaired) electrons. The van der Waals surface area contributed by atoms with Crippen LogP contribution in [0.15, 0.2) is 30.3 Å². The van der Waals surface area contributed by atoms with Crippen molar-refractivity contribution in [2.24, 2.45) is 11.7 Å². The van der Waals surface area contributed by atoms with Gasteiger partial charge in [-0.2, -0.15) is 11.8 Å². The summed E-state index contributed by atoms with van der Waals surface area (Å²) in [5.41, 5.74) is 7.52. The summed E-state index contributed by atoms with van der Waals surface area (Å²) in [6, 6.07) is 10.8. The molecule has 16 heavy (non-hydrogen) atoms. The minimum absolute atomic E-state index is 0.288. The third-order valence-corrected chi connectivity index (χ3v) is 4.15. The molecule has 1 fully saturated rings. The van der Waals surface area contributed by atoms with Gasteiger partial charge in [-0.3, -0.25) is 0 Å². The lowest BCUT2D eigenvalue weighted by Gasteiger charge is -2.16. The Morgan fingerprint density at radius 2 is 2.19 bits per heavy atom. The Labute approximate surface area is 102 Å². The fraction of sp³-hybridized carbons (Fsp3) is 0.538. The zero-order chi connectivity index (χ0) is 11.2. The maximum absolute atomic E-state index is 6.14. The van der Waals surface area contributed by atoms with Gasteiger partial charge in [0.2, 0.25) is 0 Å². The van der Waals surface area contributed by atoms with E-state index in [4.69, 9.17) is 10.5 Å². The second-order valence-corrected chi connectivity index (χ2v) is 5.32. The molecule has 0 aliphatic carbocycles. The van der Waals surface area contributed by atoms with Gasteiger partial charge in [-0.25, -0.2) is 0 Å².